The number of unbranched alkanes of at least 4 members (excludes halogenated alkanes) is 7. The van der Waals surface area contributed by atoms with Crippen LogP contribution in [0.4, 0.5) is 0 Å². The highest BCUT2D eigenvalue weighted by atomic mass is 16.6. The molecule has 5 heteroatoms. The van der Waals surface area contributed by atoms with Crippen LogP contribution in [0.5, 0.6) is 0 Å². The molecule has 1 aliphatic heterocycles. The van der Waals surface area contributed by atoms with Crippen LogP contribution in [0, 0.1) is 0 Å². The average molecular weight is 330 g/mol. The Labute approximate surface area is 140 Å². The first-order chi connectivity index (χ1) is 11.2. The van der Waals surface area contributed by atoms with Gasteiger partial charge in [0.15, 0.2) is 0 Å². The predicted molar refractivity (Wildman–Crippen MR) is 90.3 cm³/mol. The minimum absolute atomic E-state index is 0.273. The Hall–Kier alpha value is -0.460. The molecule has 0 amide bonds. The highest BCUT2D eigenvalue weighted by molar-refractivity contribution is 4.88. The smallest absolute Gasteiger partial charge is 0.114 e. The number of allylic oxidation sites excluding steroid dienone is 2. The second-order valence-corrected chi connectivity index (χ2v) is 6.28. The van der Waals surface area contributed by atoms with Gasteiger partial charge in [0.2, 0.25) is 0 Å². The fourth-order valence-corrected chi connectivity index (χ4v) is 2.85. The lowest BCUT2D eigenvalue weighted by Gasteiger charge is -2.20. The van der Waals surface area contributed by atoms with Gasteiger partial charge in [0.25, 0.3) is 0 Å². The number of hydrogen-bond donors (Lipinski definition) is 3. The zero-order valence-corrected chi connectivity index (χ0v) is 14.4. The third-order valence-electron chi connectivity index (χ3n) is 4.32. The lowest BCUT2D eigenvalue weighted by Crippen LogP contribution is -2.41. The molecule has 5 nitrogen and oxygen atoms in total. The minimum atomic E-state index is -1.05. The van der Waals surface area contributed by atoms with E-state index in [1.165, 1.54) is 38.5 Å². The lowest BCUT2D eigenvalue weighted by atomic mass is 10.1. The molecule has 0 spiro atoms. The van der Waals surface area contributed by atoms with E-state index in [4.69, 9.17) is 14.6 Å². The fourth-order valence-electron chi connectivity index (χ4n) is 2.85. The van der Waals surface area contributed by atoms with E-state index >= 15 is 0 Å². The van der Waals surface area contributed by atoms with Crippen molar-refractivity contribution in [3.63, 3.8) is 0 Å². The summed E-state index contributed by atoms with van der Waals surface area (Å²) in [6.45, 7) is 2.53. The second-order valence-electron chi connectivity index (χ2n) is 6.28. The Morgan fingerprint density at radius 2 is 1.78 bits per heavy atom. The van der Waals surface area contributed by atoms with Gasteiger partial charge in [-0.3, -0.25) is 0 Å². The van der Waals surface area contributed by atoms with Crippen LogP contribution >= 0.6 is 0 Å². The fraction of sp³-hybridized carbons (Fsp3) is 0.889. The Kier molecular flexibility index (Phi) is 11.5. The van der Waals surface area contributed by atoms with Crippen molar-refractivity contribution in [2.75, 3.05) is 19.8 Å². The van der Waals surface area contributed by atoms with Gasteiger partial charge in [-0.25, -0.2) is 0 Å². The number of hydrogen-bond acceptors (Lipinski definition) is 5. The molecule has 1 aliphatic rings. The van der Waals surface area contributed by atoms with Crippen molar-refractivity contribution in [2.45, 2.75) is 82.7 Å². The molecule has 0 radical (unpaired) electrons. The van der Waals surface area contributed by atoms with Crippen molar-refractivity contribution in [3.05, 3.63) is 12.2 Å². The quantitative estimate of drug-likeness (QED) is 0.356. The zero-order valence-electron chi connectivity index (χ0n) is 14.4. The third-order valence-corrected chi connectivity index (χ3v) is 4.32. The Bertz CT molecular complexity index is 308. The third kappa shape index (κ3) is 8.27. The summed E-state index contributed by atoms with van der Waals surface area (Å²) in [4.78, 5) is 0. The highest BCUT2D eigenvalue weighted by Crippen LogP contribution is 2.20. The summed E-state index contributed by atoms with van der Waals surface area (Å²) in [5.41, 5.74) is 0. The molecule has 0 bridgehead atoms. The Morgan fingerprint density at radius 1 is 1.13 bits per heavy atom. The first kappa shape index (κ1) is 20.6. The van der Waals surface area contributed by atoms with Gasteiger partial charge >= 0.3 is 0 Å². The molecule has 3 N–H and O–H groups in total. The predicted octanol–water partition coefficient (Wildman–Crippen LogP) is 2.18. The van der Waals surface area contributed by atoms with Crippen LogP contribution in [0.1, 0.15) is 58.3 Å². The molecule has 23 heavy (non-hydrogen) atoms. The minimum Gasteiger partial charge on any atom is -0.394 e. The van der Waals surface area contributed by atoms with Crippen LogP contribution in [-0.2, 0) is 9.47 Å². The van der Waals surface area contributed by atoms with Crippen LogP contribution in [0.15, 0.2) is 12.2 Å². The maximum atomic E-state index is 9.99. The normalized spacial score (nSPS) is 26.2. The average Bonchev–Trinajstić information content (AvgIpc) is 2.93. The lowest BCUT2D eigenvalue weighted by molar-refractivity contribution is -0.0730. The molecule has 1 rings (SSSR count). The van der Waals surface area contributed by atoms with E-state index in [2.05, 4.69) is 19.1 Å². The van der Waals surface area contributed by atoms with Gasteiger partial charge in [0.1, 0.15) is 24.4 Å². The molecular weight excluding hydrogens is 296 g/mol. The van der Waals surface area contributed by atoms with Gasteiger partial charge in [-0.05, 0) is 26.2 Å². The summed E-state index contributed by atoms with van der Waals surface area (Å²) in [7, 11) is 0. The highest BCUT2D eigenvalue weighted by Gasteiger charge is 2.40. The van der Waals surface area contributed by atoms with Crippen LogP contribution in [0.2, 0.25) is 0 Å². The van der Waals surface area contributed by atoms with Gasteiger partial charge in [0.05, 0.1) is 13.2 Å². The van der Waals surface area contributed by atoms with Crippen molar-refractivity contribution in [1.82, 2.24) is 0 Å². The maximum absolute atomic E-state index is 9.99. The van der Waals surface area contributed by atoms with Crippen molar-refractivity contribution in [2.24, 2.45) is 0 Å². The van der Waals surface area contributed by atoms with Crippen LogP contribution in [-0.4, -0.2) is 59.6 Å². The van der Waals surface area contributed by atoms with E-state index in [1.54, 1.807) is 0 Å². The van der Waals surface area contributed by atoms with Crippen LogP contribution < -0.4 is 0 Å². The van der Waals surface area contributed by atoms with E-state index in [0.717, 1.165) is 12.8 Å². The topological polar surface area (TPSA) is 79.2 Å². The van der Waals surface area contributed by atoms with Crippen molar-refractivity contribution < 1.29 is 24.8 Å². The Morgan fingerprint density at radius 3 is 2.43 bits per heavy atom. The first-order valence-corrected chi connectivity index (χ1v) is 9.02. The molecule has 0 aromatic heterocycles. The van der Waals surface area contributed by atoms with Gasteiger partial charge in [-0.15, -0.1) is 0 Å². The molecule has 0 aromatic rings. The maximum Gasteiger partial charge on any atom is 0.114 e. The van der Waals surface area contributed by atoms with E-state index in [-0.39, 0.29) is 6.61 Å². The molecule has 1 heterocycles. The van der Waals surface area contributed by atoms with Crippen molar-refractivity contribution >= 4 is 0 Å². The summed E-state index contributed by atoms with van der Waals surface area (Å²) in [5.74, 6) is 0. The molecule has 136 valence electrons. The molecular formula is C18H34O5. The van der Waals surface area contributed by atoms with E-state index in [9.17, 15) is 10.2 Å². The van der Waals surface area contributed by atoms with Gasteiger partial charge in [-0.1, -0.05) is 44.3 Å². The van der Waals surface area contributed by atoms with Crippen molar-refractivity contribution in [1.29, 1.82) is 0 Å². The number of ether oxygens (including phenoxy) is 2. The zero-order chi connectivity index (χ0) is 16.9. The van der Waals surface area contributed by atoms with E-state index in [1.807, 2.05) is 0 Å². The van der Waals surface area contributed by atoms with Crippen molar-refractivity contribution in [3.8, 4) is 0 Å². The second kappa shape index (κ2) is 12.9. The summed E-state index contributed by atoms with van der Waals surface area (Å²) < 4.78 is 10.9. The standard InChI is InChI=1S/C18H34O5/c1-2-3-4-5-6-7-8-9-10-11-12-22-16-14-23-18(17(16)21)15(20)13-19/h2-3,15-21H,4-14H2,1H3/b3-2+/t15-,16+,17+,18+/m1/s1. The van der Waals surface area contributed by atoms with E-state index < -0.39 is 31.0 Å². The number of rotatable bonds is 13. The molecule has 4 atom stereocenters. The number of aliphatic hydroxyl groups is 3. The summed E-state index contributed by atoms with van der Waals surface area (Å²) in [6.07, 6.45) is 11.0. The van der Waals surface area contributed by atoms with Crippen LogP contribution in [0.3, 0.4) is 0 Å². The molecule has 0 saturated carbocycles. The molecule has 1 saturated heterocycles. The molecule has 0 aliphatic carbocycles. The number of aliphatic hydroxyl groups excluding tert-OH is 3. The molecule has 0 aromatic carbocycles. The monoisotopic (exact) mass is 330 g/mol. The largest absolute Gasteiger partial charge is 0.394 e. The van der Waals surface area contributed by atoms with Gasteiger partial charge in [0, 0.05) is 6.61 Å². The Balaban J connectivity index is 1.93. The van der Waals surface area contributed by atoms with Crippen LogP contribution in [0.25, 0.3) is 0 Å². The summed E-state index contributed by atoms with van der Waals surface area (Å²) in [6, 6.07) is 0. The summed E-state index contributed by atoms with van der Waals surface area (Å²) in [5, 5.41) is 28.4. The van der Waals surface area contributed by atoms with Gasteiger partial charge in [-0.2, -0.15) is 0 Å². The molecule has 0 unspecified atom stereocenters. The molecule has 1 fully saturated rings. The van der Waals surface area contributed by atoms with E-state index in [0.29, 0.717) is 6.61 Å². The SMILES string of the molecule is C/C=C/CCCCCCCCCO[C@H]1CO[C@@H]([C@H](O)CO)[C@H]1O. The first-order valence-electron chi connectivity index (χ1n) is 9.02. The summed E-state index contributed by atoms with van der Waals surface area (Å²) >= 11 is 0. The van der Waals surface area contributed by atoms with Gasteiger partial charge < -0.3 is 24.8 Å².